The van der Waals surface area contributed by atoms with E-state index in [1.165, 1.54) is 49.5 Å². The van der Waals surface area contributed by atoms with Gasteiger partial charge in [0.05, 0.1) is 36.1 Å². The normalized spacial score (nSPS) is 11.8. The molecule has 0 saturated carbocycles. The highest BCUT2D eigenvalue weighted by molar-refractivity contribution is 7.89. The molecule has 0 fully saturated rings. The summed E-state index contributed by atoms with van der Waals surface area (Å²) in [6.45, 7) is -1.51. The van der Waals surface area contributed by atoms with Crippen LogP contribution in [0.1, 0.15) is 5.69 Å². The van der Waals surface area contributed by atoms with Gasteiger partial charge in [0.1, 0.15) is 4.90 Å². The summed E-state index contributed by atoms with van der Waals surface area (Å²) in [5, 5.41) is 5.87. The Balaban J connectivity index is 2.14. The van der Waals surface area contributed by atoms with Crippen LogP contribution in [-0.2, 0) is 10.0 Å². The number of rotatable bonds is 7. The molecule has 184 valence electrons. The number of hydrogen-bond acceptors (Lipinski definition) is 9. The number of hydrogen-bond donors (Lipinski definition) is 1. The van der Waals surface area contributed by atoms with Crippen molar-refractivity contribution in [2.24, 2.45) is 5.14 Å². The zero-order valence-electron chi connectivity index (χ0n) is 18.4. The molecule has 3 heterocycles. The van der Waals surface area contributed by atoms with Crippen LogP contribution in [0, 0.1) is 6.92 Å². The second-order valence-electron chi connectivity index (χ2n) is 6.97. The number of halogens is 3. The fraction of sp³-hybridized carbons (Fsp3) is 0.200. The van der Waals surface area contributed by atoms with Crippen LogP contribution in [0.3, 0.4) is 0 Å². The maximum absolute atomic E-state index is 12.9. The highest BCUT2D eigenvalue weighted by atomic mass is 35.5. The second-order valence-corrected chi connectivity index (χ2v) is 8.90. The number of fused-ring (bicyclic) bond motifs is 1. The minimum absolute atomic E-state index is 0.186. The van der Waals surface area contributed by atoms with Crippen LogP contribution in [-0.4, -0.2) is 53.8 Å². The number of aryl methyl sites for hydroxylation is 1. The molecule has 0 aliphatic carbocycles. The smallest absolute Gasteiger partial charge is 0.387 e. The van der Waals surface area contributed by atoms with Gasteiger partial charge < -0.3 is 14.2 Å². The fourth-order valence-electron chi connectivity index (χ4n) is 3.50. The molecule has 2 N–H and O–H groups in total. The van der Waals surface area contributed by atoms with Crippen LogP contribution < -0.4 is 19.3 Å². The van der Waals surface area contributed by atoms with E-state index in [0.717, 1.165) is 0 Å². The minimum atomic E-state index is -4.24. The Hall–Kier alpha value is -3.62. The molecule has 11 nitrogen and oxygen atoms in total. The van der Waals surface area contributed by atoms with Gasteiger partial charge in [-0.25, -0.2) is 13.6 Å². The zero-order chi connectivity index (χ0) is 25.5. The first-order valence-electron chi connectivity index (χ1n) is 9.66. The number of alkyl halides is 2. The Morgan fingerprint density at radius 1 is 1.09 bits per heavy atom. The fourth-order valence-corrected chi connectivity index (χ4v) is 4.47. The van der Waals surface area contributed by atoms with Crippen molar-refractivity contribution in [3.8, 4) is 34.7 Å². The van der Waals surface area contributed by atoms with Gasteiger partial charge in [0.25, 0.3) is 11.8 Å². The van der Waals surface area contributed by atoms with Gasteiger partial charge in [-0.1, -0.05) is 11.6 Å². The Kier molecular flexibility index (Phi) is 6.44. The molecule has 0 aliphatic heterocycles. The Labute approximate surface area is 202 Å². The van der Waals surface area contributed by atoms with Crippen molar-refractivity contribution >= 4 is 32.5 Å². The van der Waals surface area contributed by atoms with Crippen LogP contribution in [0.4, 0.5) is 8.78 Å². The third-order valence-corrected chi connectivity index (χ3v) is 6.16. The number of primary sulfonamides is 1. The summed E-state index contributed by atoms with van der Waals surface area (Å²) in [5.41, 5.74) is 1.40. The Bertz CT molecular complexity index is 1520. The summed E-state index contributed by atoms with van der Waals surface area (Å²) in [6, 6.07) is 2.96. The van der Waals surface area contributed by atoms with Crippen LogP contribution in [0.15, 0.2) is 35.6 Å². The van der Waals surface area contributed by atoms with Crippen molar-refractivity contribution in [3.63, 3.8) is 0 Å². The predicted octanol–water partition coefficient (Wildman–Crippen LogP) is 3.11. The third-order valence-electron chi connectivity index (χ3n) is 4.90. The van der Waals surface area contributed by atoms with Crippen molar-refractivity contribution in [2.75, 3.05) is 14.2 Å². The van der Waals surface area contributed by atoms with Gasteiger partial charge in [0, 0.05) is 29.5 Å². The van der Waals surface area contributed by atoms with Crippen molar-refractivity contribution < 1.29 is 31.4 Å². The van der Waals surface area contributed by atoms with E-state index in [1.54, 1.807) is 6.92 Å². The van der Waals surface area contributed by atoms with Crippen molar-refractivity contribution in [1.29, 1.82) is 0 Å². The molecular formula is C20H17ClF2N6O5S. The summed E-state index contributed by atoms with van der Waals surface area (Å²) in [6.07, 6.45) is 4.11. The summed E-state index contributed by atoms with van der Waals surface area (Å²) < 4.78 is 66.6. The van der Waals surface area contributed by atoms with Gasteiger partial charge in [-0.15, -0.1) is 0 Å². The van der Waals surface area contributed by atoms with Gasteiger partial charge in [0.2, 0.25) is 21.7 Å². The van der Waals surface area contributed by atoms with Gasteiger partial charge in [-0.05, 0) is 19.1 Å². The summed E-state index contributed by atoms with van der Waals surface area (Å²) in [4.78, 5) is 16.6. The van der Waals surface area contributed by atoms with E-state index in [9.17, 15) is 17.2 Å². The molecule has 35 heavy (non-hydrogen) atoms. The lowest BCUT2D eigenvalue weighted by molar-refractivity contribution is -0.0534. The van der Waals surface area contributed by atoms with E-state index < -0.39 is 22.4 Å². The van der Waals surface area contributed by atoms with Gasteiger partial charge >= 0.3 is 6.61 Å². The van der Waals surface area contributed by atoms with Crippen LogP contribution in [0.25, 0.3) is 28.1 Å². The van der Waals surface area contributed by atoms with E-state index in [4.69, 9.17) is 26.2 Å². The SMILES string of the molecule is COc1nc(-n2cc(S(N)(=O)=O)c3ccc(Cl)c(-c4nccnc4C)c32)nc(OC)c1OC(F)F. The number of ether oxygens (including phenoxy) is 3. The molecule has 0 amide bonds. The molecule has 1 aromatic carbocycles. The van der Waals surface area contributed by atoms with Crippen LogP contribution in [0.5, 0.6) is 17.5 Å². The highest BCUT2D eigenvalue weighted by Gasteiger charge is 2.27. The molecule has 0 aliphatic rings. The van der Waals surface area contributed by atoms with Gasteiger partial charge in [-0.2, -0.15) is 18.7 Å². The van der Waals surface area contributed by atoms with E-state index in [1.807, 2.05) is 0 Å². The maximum atomic E-state index is 12.9. The van der Waals surface area contributed by atoms with E-state index >= 15 is 0 Å². The number of benzene rings is 1. The molecule has 15 heteroatoms. The maximum Gasteiger partial charge on any atom is 0.387 e. The lowest BCUT2D eigenvalue weighted by atomic mass is 10.1. The van der Waals surface area contributed by atoms with Crippen LogP contribution in [0.2, 0.25) is 5.02 Å². The highest BCUT2D eigenvalue weighted by Crippen LogP contribution is 2.41. The number of nitrogens with two attached hydrogens (primary N) is 1. The molecule has 4 rings (SSSR count). The molecular weight excluding hydrogens is 510 g/mol. The van der Waals surface area contributed by atoms with E-state index in [2.05, 4.69) is 24.7 Å². The Morgan fingerprint density at radius 3 is 2.26 bits per heavy atom. The molecule has 0 unspecified atom stereocenters. The average Bonchev–Trinajstić information content (AvgIpc) is 3.20. The van der Waals surface area contributed by atoms with Crippen molar-refractivity contribution in [2.45, 2.75) is 18.4 Å². The number of methoxy groups -OCH3 is 2. The largest absolute Gasteiger partial charge is 0.478 e. The Morgan fingerprint density at radius 2 is 1.71 bits per heavy atom. The molecule has 0 radical (unpaired) electrons. The monoisotopic (exact) mass is 526 g/mol. The lowest BCUT2D eigenvalue weighted by Gasteiger charge is -2.15. The van der Waals surface area contributed by atoms with Gasteiger partial charge in [-0.3, -0.25) is 14.5 Å². The summed E-state index contributed by atoms with van der Waals surface area (Å²) in [5.74, 6) is -1.51. The number of nitrogens with zero attached hydrogens (tertiary/aromatic N) is 5. The molecule has 0 spiro atoms. The van der Waals surface area contributed by atoms with Crippen molar-refractivity contribution in [3.05, 3.63) is 41.4 Å². The molecule has 0 bridgehead atoms. The minimum Gasteiger partial charge on any atom is -0.478 e. The molecule has 4 aromatic rings. The zero-order valence-corrected chi connectivity index (χ0v) is 19.9. The third kappa shape index (κ3) is 4.42. The quantitative estimate of drug-likeness (QED) is 0.384. The topological polar surface area (TPSA) is 144 Å². The van der Waals surface area contributed by atoms with E-state index in [0.29, 0.717) is 17.0 Å². The first-order valence-corrected chi connectivity index (χ1v) is 11.6. The molecule has 3 aromatic heterocycles. The average molecular weight is 527 g/mol. The van der Waals surface area contributed by atoms with Crippen LogP contribution >= 0.6 is 11.6 Å². The predicted molar refractivity (Wildman–Crippen MR) is 121 cm³/mol. The number of sulfonamides is 1. The summed E-state index contributed by atoms with van der Waals surface area (Å²) >= 11 is 6.54. The number of aromatic nitrogens is 5. The molecule has 0 saturated heterocycles. The van der Waals surface area contributed by atoms with E-state index in [-0.39, 0.29) is 38.5 Å². The molecule has 0 atom stereocenters. The first kappa shape index (κ1) is 24.5. The standard InChI is InChI=1S/C20H17ClF2N6O5S/c1-9-14(26-7-6-25-9)13-11(21)5-4-10-12(35(24,30)31)8-29(15(10)13)20-27-17(32-2)16(34-19(22)23)18(28-20)33-3/h4-8,19H,1-3H3,(H2,24,30,31). The second kappa shape index (κ2) is 9.20. The first-order chi connectivity index (χ1) is 16.6. The van der Waals surface area contributed by atoms with Gasteiger partial charge in [0.15, 0.2) is 0 Å². The summed E-state index contributed by atoms with van der Waals surface area (Å²) in [7, 11) is -1.88. The lowest BCUT2D eigenvalue weighted by Crippen LogP contribution is -2.12. The van der Waals surface area contributed by atoms with Crippen molar-refractivity contribution in [1.82, 2.24) is 24.5 Å².